The van der Waals surface area contributed by atoms with Crippen molar-refractivity contribution in [2.45, 2.75) is 25.4 Å². The lowest BCUT2D eigenvalue weighted by molar-refractivity contribution is -0.145. The minimum absolute atomic E-state index is 0.146. The average molecular weight is 353 g/mol. The molecule has 0 bridgehead atoms. The Bertz CT molecular complexity index is 915. The third-order valence-electron chi connectivity index (χ3n) is 4.06. The van der Waals surface area contributed by atoms with Crippen molar-refractivity contribution in [2.75, 3.05) is 0 Å². The van der Waals surface area contributed by atoms with Crippen molar-refractivity contribution in [2.24, 2.45) is 0 Å². The van der Waals surface area contributed by atoms with Crippen LogP contribution in [0.2, 0.25) is 0 Å². The minimum Gasteiger partial charge on any atom is -0.279 e. The maximum Gasteiger partial charge on any atom is 0.452 e. The van der Waals surface area contributed by atoms with Crippen LogP contribution in [0.25, 0.3) is 5.65 Å². The highest BCUT2D eigenvalue weighted by atomic mass is 35.5. The van der Waals surface area contributed by atoms with Gasteiger partial charge in [-0.2, -0.15) is 13.2 Å². The van der Waals surface area contributed by atoms with Crippen LogP contribution in [0, 0.1) is 20.8 Å². The van der Waals surface area contributed by atoms with E-state index < -0.39 is 17.4 Å². The number of aryl methyl sites for hydroxylation is 2. The van der Waals surface area contributed by atoms with Gasteiger partial charge in [-0.3, -0.25) is 4.40 Å². The summed E-state index contributed by atoms with van der Waals surface area (Å²) in [6.07, 6.45) is -3.26. The van der Waals surface area contributed by atoms with Gasteiger partial charge in [0.05, 0.1) is 5.38 Å². The second-order valence-electron chi connectivity index (χ2n) is 5.66. The molecule has 1 atom stereocenters. The molecule has 3 nitrogen and oxygen atoms in total. The highest BCUT2D eigenvalue weighted by Gasteiger charge is 2.37. The quantitative estimate of drug-likeness (QED) is 0.616. The second-order valence-corrected chi connectivity index (χ2v) is 6.10. The van der Waals surface area contributed by atoms with Crippen LogP contribution in [-0.2, 0) is 6.18 Å². The SMILES string of the molecule is [CH2]c1cc(C(Cl)c2ccn3c(C(F)(F)F)nnc3c2C)ccc1C. The van der Waals surface area contributed by atoms with Crippen LogP contribution < -0.4 is 0 Å². The molecule has 2 heterocycles. The molecule has 0 fully saturated rings. The molecule has 125 valence electrons. The Morgan fingerprint density at radius 3 is 2.50 bits per heavy atom. The van der Waals surface area contributed by atoms with Crippen LogP contribution in [0.1, 0.15) is 39.0 Å². The first-order valence-electron chi connectivity index (χ1n) is 7.18. The van der Waals surface area contributed by atoms with Crippen LogP contribution in [0.5, 0.6) is 0 Å². The molecule has 3 rings (SSSR count). The van der Waals surface area contributed by atoms with E-state index in [1.165, 1.54) is 6.20 Å². The number of hydrogen-bond acceptors (Lipinski definition) is 2. The standard InChI is InChI=1S/C17H14ClF3N3/c1-9-4-5-12(8-10(9)2)14(18)13-6-7-24-15(11(13)3)22-23-16(24)17(19,20)21/h4-8,14H,2H2,1,3H3. The van der Waals surface area contributed by atoms with Gasteiger partial charge in [-0.25, -0.2) is 0 Å². The molecule has 1 aromatic carbocycles. The topological polar surface area (TPSA) is 30.2 Å². The van der Waals surface area contributed by atoms with Gasteiger partial charge in [0.25, 0.3) is 0 Å². The first-order valence-corrected chi connectivity index (χ1v) is 7.62. The molecule has 0 saturated carbocycles. The summed E-state index contributed by atoms with van der Waals surface area (Å²) in [7, 11) is 0. The van der Waals surface area contributed by atoms with Crippen molar-refractivity contribution in [1.82, 2.24) is 14.6 Å². The fraction of sp³-hybridized carbons (Fsp3) is 0.235. The first-order chi connectivity index (χ1) is 11.2. The van der Waals surface area contributed by atoms with Gasteiger partial charge >= 0.3 is 6.18 Å². The van der Waals surface area contributed by atoms with Crippen LogP contribution in [0.4, 0.5) is 13.2 Å². The number of fused-ring (bicyclic) bond motifs is 1. The molecule has 2 aromatic heterocycles. The molecule has 0 aliphatic carbocycles. The van der Waals surface area contributed by atoms with Crippen molar-refractivity contribution in [1.29, 1.82) is 0 Å². The summed E-state index contributed by atoms with van der Waals surface area (Å²) in [4.78, 5) is 0. The summed E-state index contributed by atoms with van der Waals surface area (Å²) in [6, 6.07) is 7.25. The van der Waals surface area contributed by atoms with E-state index >= 15 is 0 Å². The fourth-order valence-electron chi connectivity index (χ4n) is 2.59. The largest absolute Gasteiger partial charge is 0.452 e. The normalized spacial score (nSPS) is 13.5. The van der Waals surface area contributed by atoms with E-state index in [-0.39, 0.29) is 5.65 Å². The lowest BCUT2D eigenvalue weighted by Gasteiger charge is -2.15. The molecule has 0 aliphatic heterocycles. The van der Waals surface area contributed by atoms with Gasteiger partial charge in [0.1, 0.15) is 0 Å². The predicted octanol–water partition coefficient (Wildman–Crippen LogP) is 4.88. The molecule has 0 spiro atoms. The van der Waals surface area contributed by atoms with Crippen molar-refractivity contribution in [3.05, 3.63) is 71.0 Å². The van der Waals surface area contributed by atoms with Gasteiger partial charge < -0.3 is 0 Å². The van der Waals surface area contributed by atoms with E-state index in [1.54, 1.807) is 13.0 Å². The number of halogens is 4. The number of hydrogen-bond donors (Lipinski definition) is 0. The number of rotatable bonds is 2. The number of nitrogens with zero attached hydrogens (tertiary/aromatic N) is 3. The van der Waals surface area contributed by atoms with E-state index in [9.17, 15) is 13.2 Å². The smallest absolute Gasteiger partial charge is 0.279 e. The van der Waals surface area contributed by atoms with Gasteiger partial charge in [-0.1, -0.05) is 18.2 Å². The molecule has 0 aliphatic rings. The maximum atomic E-state index is 12.9. The van der Waals surface area contributed by atoms with Crippen LogP contribution in [-0.4, -0.2) is 14.6 Å². The molecule has 3 aromatic rings. The first kappa shape index (κ1) is 16.8. The van der Waals surface area contributed by atoms with Gasteiger partial charge in [-0.05, 0) is 54.7 Å². The van der Waals surface area contributed by atoms with Crippen molar-refractivity contribution >= 4 is 17.2 Å². The summed E-state index contributed by atoms with van der Waals surface area (Å²) < 4.78 is 39.7. The molecule has 0 N–H and O–H groups in total. The van der Waals surface area contributed by atoms with Crippen molar-refractivity contribution in [3.63, 3.8) is 0 Å². The van der Waals surface area contributed by atoms with Gasteiger partial charge in [-0.15, -0.1) is 21.8 Å². The zero-order valence-electron chi connectivity index (χ0n) is 13.0. The number of pyridine rings is 1. The number of benzene rings is 1. The third kappa shape index (κ3) is 2.75. The molecule has 1 radical (unpaired) electrons. The van der Waals surface area contributed by atoms with E-state index in [0.717, 1.165) is 21.1 Å². The van der Waals surface area contributed by atoms with E-state index in [2.05, 4.69) is 17.1 Å². The van der Waals surface area contributed by atoms with Gasteiger partial charge in [0.15, 0.2) is 5.65 Å². The molecule has 0 amide bonds. The highest BCUT2D eigenvalue weighted by Crippen LogP contribution is 2.34. The zero-order valence-corrected chi connectivity index (χ0v) is 13.8. The predicted molar refractivity (Wildman–Crippen MR) is 86.1 cm³/mol. The van der Waals surface area contributed by atoms with Crippen molar-refractivity contribution < 1.29 is 13.2 Å². The van der Waals surface area contributed by atoms with Crippen molar-refractivity contribution in [3.8, 4) is 0 Å². The van der Waals surface area contributed by atoms with E-state index in [4.69, 9.17) is 11.6 Å². The van der Waals surface area contributed by atoms with Gasteiger partial charge in [0.2, 0.25) is 5.82 Å². The molecule has 24 heavy (non-hydrogen) atoms. The zero-order chi connectivity index (χ0) is 17.6. The summed E-state index contributed by atoms with van der Waals surface area (Å²) in [6.45, 7) is 7.58. The number of aromatic nitrogens is 3. The molecular weight excluding hydrogens is 339 g/mol. The molecular formula is C17H14ClF3N3. The Labute approximate surface area is 142 Å². The molecule has 0 saturated heterocycles. The average Bonchev–Trinajstić information content (AvgIpc) is 2.95. The summed E-state index contributed by atoms with van der Waals surface area (Å²) in [5.41, 5.74) is 4.13. The van der Waals surface area contributed by atoms with Gasteiger partial charge in [0, 0.05) is 6.20 Å². The molecule has 1 unspecified atom stereocenters. The maximum absolute atomic E-state index is 12.9. The Kier molecular flexibility index (Phi) is 4.03. The fourth-order valence-corrected chi connectivity index (χ4v) is 2.97. The summed E-state index contributed by atoms with van der Waals surface area (Å²) in [5.74, 6) is -1.05. The Hall–Kier alpha value is -2.08. The van der Waals surface area contributed by atoms with Crippen LogP contribution in [0.3, 0.4) is 0 Å². The van der Waals surface area contributed by atoms with E-state index in [0.29, 0.717) is 11.1 Å². The number of alkyl halides is 4. The summed E-state index contributed by atoms with van der Waals surface area (Å²) in [5, 5.41) is 6.42. The Morgan fingerprint density at radius 2 is 1.88 bits per heavy atom. The van der Waals surface area contributed by atoms with E-state index in [1.807, 2.05) is 25.1 Å². The summed E-state index contributed by atoms with van der Waals surface area (Å²) >= 11 is 6.55. The second kappa shape index (κ2) is 5.77. The minimum atomic E-state index is -4.56. The monoisotopic (exact) mass is 352 g/mol. The third-order valence-corrected chi connectivity index (χ3v) is 4.55. The van der Waals surface area contributed by atoms with Crippen LogP contribution in [0.15, 0.2) is 30.5 Å². The Balaban J connectivity index is 2.10. The lowest BCUT2D eigenvalue weighted by Crippen LogP contribution is -2.11. The molecule has 7 heteroatoms. The van der Waals surface area contributed by atoms with Crippen LogP contribution >= 0.6 is 11.6 Å². The Morgan fingerprint density at radius 1 is 1.17 bits per heavy atom. The highest BCUT2D eigenvalue weighted by molar-refractivity contribution is 6.22. The lowest BCUT2D eigenvalue weighted by atomic mass is 9.98.